The first kappa shape index (κ1) is 8.61. The second kappa shape index (κ2) is 2.47. The molecule has 0 bridgehead atoms. The molecule has 0 saturated heterocycles. The molecule has 0 aliphatic carbocycles. The maximum absolute atomic E-state index is 11.0. The van der Waals surface area contributed by atoms with Crippen molar-refractivity contribution in [2.24, 2.45) is 0 Å². The number of aliphatic hydroxyl groups is 1. The Morgan fingerprint density at radius 1 is 1.11 bits per heavy atom. The Morgan fingerprint density at radius 2 is 1.44 bits per heavy atom. The van der Waals surface area contributed by atoms with Gasteiger partial charge >= 0.3 is 6.18 Å². The van der Waals surface area contributed by atoms with Crippen LogP contribution in [0.15, 0.2) is 0 Å². The summed E-state index contributed by atoms with van der Waals surface area (Å²) in [5, 5.41) is 7.59. The molecule has 0 aliphatic rings. The van der Waals surface area contributed by atoms with Crippen molar-refractivity contribution >= 4 is 0 Å². The van der Waals surface area contributed by atoms with Crippen LogP contribution in [0.5, 0.6) is 0 Å². The van der Waals surface area contributed by atoms with Crippen molar-refractivity contribution in [2.45, 2.75) is 18.7 Å². The van der Waals surface area contributed by atoms with E-state index in [0.717, 1.165) is 0 Å². The van der Waals surface area contributed by atoms with Crippen LogP contribution >= 0.6 is 0 Å². The van der Waals surface area contributed by atoms with Gasteiger partial charge < -0.3 is 5.11 Å². The van der Waals surface area contributed by atoms with Crippen molar-refractivity contribution in [2.75, 3.05) is 0 Å². The van der Waals surface area contributed by atoms with Crippen LogP contribution in [0.1, 0.15) is 0 Å². The van der Waals surface area contributed by atoms with Gasteiger partial charge in [-0.3, -0.25) is 0 Å². The quantitative estimate of drug-likeness (QED) is 0.556. The maximum Gasteiger partial charge on any atom is 0.420 e. The molecular formula is C3H3F5O. The average Bonchev–Trinajstić information content (AvgIpc) is 1.62. The van der Waals surface area contributed by atoms with E-state index in [1.165, 1.54) is 0 Å². The molecule has 0 aromatic carbocycles. The van der Waals surface area contributed by atoms with Crippen molar-refractivity contribution in [1.29, 1.82) is 0 Å². The summed E-state index contributed by atoms with van der Waals surface area (Å²) in [6.45, 7) is 0. The Kier molecular flexibility index (Phi) is 2.36. The van der Waals surface area contributed by atoms with E-state index in [-0.39, 0.29) is 0 Å². The molecule has 0 radical (unpaired) electrons. The van der Waals surface area contributed by atoms with Crippen LogP contribution in [0.4, 0.5) is 22.0 Å². The van der Waals surface area contributed by atoms with Crippen molar-refractivity contribution < 1.29 is 27.1 Å². The summed E-state index contributed by atoms with van der Waals surface area (Å²) in [7, 11) is 0. The predicted octanol–water partition coefficient (Wildman–Crippen LogP) is 1.17. The molecule has 1 N–H and O–H groups in total. The second-order valence-electron chi connectivity index (χ2n) is 1.32. The van der Waals surface area contributed by atoms with E-state index >= 15 is 0 Å². The first-order chi connectivity index (χ1) is 3.85. The molecule has 1 atom stereocenters. The monoisotopic (exact) mass is 150 g/mol. The SMILES string of the molecule is O[C@H](C(F)F)C(F)(F)F. The standard InChI is InChI=1S/C3H3F5O/c4-2(5)1(9)3(6,7)8/h1-2,9H/t1-/m1/s1. The zero-order chi connectivity index (χ0) is 7.65. The lowest BCUT2D eigenvalue weighted by Crippen LogP contribution is -2.34. The van der Waals surface area contributed by atoms with Crippen LogP contribution in [-0.2, 0) is 0 Å². The van der Waals surface area contributed by atoms with Gasteiger partial charge in [-0.15, -0.1) is 0 Å². The van der Waals surface area contributed by atoms with Crippen molar-refractivity contribution in [3.8, 4) is 0 Å². The van der Waals surface area contributed by atoms with Crippen LogP contribution in [0.25, 0.3) is 0 Å². The molecule has 1 nitrogen and oxygen atoms in total. The highest BCUT2D eigenvalue weighted by atomic mass is 19.4. The molecule has 0 fully saturated rings. The third-order valence-corrected chi connectivity index (χ3v) is 0.574. The zero-order valence-corrected chi connectivity index (χ0v) is 3.99. The maximum atomic E-state index is 11.0. The van der Waals surface area contributed by atoms with Crippen LogP contribution in [0.3, 0.4) is 0 Å². The van der Waals surface area contributed by atoms with E-state index in [9.17, 15) is 22.0 Å². The Hall–Kier alpha value is -0.390. The highest BCUT2D eigenvalue weighted by molar-refractivity contribution is 4.66. The molecule has 0 rings (SSSR count). The number of aliphatic hydroxyl groups excluding tert-OH is 1. The lowest BCUT2D eigenvalue weighted by molar-refractivity contribution is -0.236. The van der Waals surface area contributed by atoms with Crippen molar-refractivity contribution in [1.82, 2.24) is 0 Å². The summed E-state index contributed by atoms with van der Waals surface area (Å²) in [4.78, 5) is 0. The largest absolute Gasteiger partial charge is 0.420 e. The molecular weight excluding hydrogens is 147 g/mol. The van der Waals surface area contributed by atoms with Gasteiger partial charge in [0, 0.05) is 0 Å². The van der Waals surface area contributed by atoms with Gasteiger partial charge in [-0.1, -0.05) is 0 Å². The predicted molar refractivity (Wildman–Crippen MR) is 18.1 cm³/mol. The van der Waals surface area contributed by atoms with Gasteiger partial charge in [0.25, 0.3) is 6.43 Å². The molecule has 0 spiro atoms. The first-order valence-corrected chi connectivity index (χ1v) is 1.88. The van der Waals surface area contributed by atoms with Crippen LogP contribution < -0.4 is 0 Å². The summed E-state index contributed by atoms with van der Waals surface area (Å²) in [5.74, 6) is 0. The molecule has 0 saturated carbocycles. The number of rotatable bonds is 1. The highest BCUT2D eigenvalue weighted by Gasteiger charge is 2.44. The van der Waals surface area contributed by atoms with Gasteiger partial charge in [-0.2, -0.15) is 13.2 Å². The van der Waals surface area contributed by atoms with Gasteiger partial charge in [-0.25, -0.2) is 8.78 Å². The number of alkyl halides is 5. The van der Waals surface area contributed by atoms with Gasteiger partial charge in [0.1, 0.15) is 0 Å². The highest BCUT2D eigenvalue weighted by Crippen LogP contribution is 2.23. The lowest BCUT2D eigenvalue weighted by atomic mass is 10.4. The summed E-state index contributed by atoms with van der Waals surface area (Å²) < 4.78 is 54.8. The lowest BCUT2D eigenvalue weighted by Gasteiger charge is -2.11. The fraction of sp³-hybridized carbons (Fsp3) is 1.00. The Morgan fingerprint density at radius 3 is 1.44 bits per heavy atom. The van der Waals surface area contributed by atoms with Crippen molar-refractivity contribution in [3.63, 3.8) is 0 Å². The van der Waals surface area contributed by atoms with E-state index < -0.39 is 18.7 Å². The van der Waals surface area contributed by atoms with Crippen LogP contribution in [0.2, 0.25) is 0 Å². The van der Waals surface area contributed by atoms with E-state index in [1.54, 1.807) is 0 Å². The summed E-state index contributed by atoms with van der Waals surface area (Å²) in [5.41, 5.74) is 0. The normalized spacial score (nSPS) is 16.3. The Labute approximate surface area is 47.1 Å². The van der Waals surface area contributed by atoms with E-state index in [1.807, 2.05) is 0 Å². The topological polar surface area (TPSA) is 20.2 Å². The van der Waals surface area contributed by atoms with Gasteiger partial charge in [0.2, 0.25) is 6.10 Å². The Bertz CT molecular complexity index is 86.7. The summed E-state index contributed by atoms with van der Waals surface area (Å²) in [6, 6.07) is 0. The van der Waals surface area contributed by atoms with E-state index in [4.69, 9.17) is 5.11 Å². The minimum atomic E-state index is -5.21. The van der Waals surface area contributed by atoms with Gasteiger partial charge in [0.15, 0.2) is 0 Å². The first-order valence-electron chi connectivity index (χ1n) is 1.88. The fourth-order valence-electron chi connectivity index (χ4n) is 0.143. The van der Waals surface area contributed by atoms with E-state index in [2.05, 4.69) is 0 Å². The molecule has 0 aromatic rings. The van der Waals surface area contributed by atoms with Gasteiger partial charge in [0.05, 0.1) is 0 Å². The van der Waals surface area contributed by atoms with E-state index in [0.29, 0.717) is 0 Å². The smallest absolute Gasteiger partial charge is 0.379 e. The minimum Gasteiger partial charge on any atom is -0.379 e. The van der Waals surface area contributed by atoms with Crippen LogP contribution in [-0.4, -0.2) is 23.8 Å². The van der Waals surface area contributed by atoms with Crippen LogP contribution in [0, 0.1) is 0 Å². The molecule has 0 aliphatic heterocycles. The second-order valence-corrected chi connectivity index (χ2v) is 1.32. The number of halogens is 5. The molecule has 0 unspecified atom stereocenters. The summed E-state index contributed by atoms with van der Waals surface area (Å²) >= 11 is 0. The fourth-order valence-corrected chi connectivity index (χ4v) is 0.143. The third kappa shape index (κ3) is 2.59. The number of hydrogen-bond donors (Lipinski definition) is 1. The molecule has 0 amide bonds. The molecule has 6 heteroatoms. The third-order valence-electron chi connectivity index (χ3n) is 0.574. The minimum absolute atomic E-state index is 3.52. The zero-order valence-electron chi connectivity index (χ0n) is 3.99. The number of hydrogen-bond acceptors (Lipinski definition) is 1. The van der Waals surface area contributed by atoms with Gasteiger partial charge in [-0.05, 0) is 0 Å². The molecule has 0 heterocycles. The van der Waals surface area contributed by atoms with Crippen molar-refractivity contribution in [3.05, 3.63) is 0 Å². The molecule has 56 valence electrons. The molecule has 9 heavy (non-hydrogen) atoms. The molecule has 0 aromatic heterocycles. The Balaban J connectivity index is 3.88. The summed E-state index contributed by atoms with van der Waals surface area (Å²) in [6.07, 6.45) is -12.5. The average molecular weight is 150 g/mol.